The summed E-state index contributed by atoms with van der Waals surface area (Å²) < 4.78 is 5.28. The molecule has 156 valence electrons. The molecule has 0 bridgehead atoms. The van der Waals surface area contributed by atoms with Crippen LogP contribution in [0.25, 0.3) is 0 Å². The zero-order valence-electron chi connectivity index (χ0n) is 16.6. The van der Waals surface area contributed by atoms with Gasteiger partial charge >= 0.3 is 5.97 Å². The second-order valence-electron chi connectivity index (χ2n) is 8.11. The first-order valence-corrected chi connectivity index (χ1v) is 9.50. The molecule has 0 radical (unpaired) electrons. The second-order valence-corrected chi connectivity index (χ2v) is 8.11. The average molecular weight is 388 g/mol. The number of esters is 1. The Morgan fingerprint density at radius 3 is 2.37 bits per heavy atom. The molecule has 0 aromatic heterocycles. The number of rotatable bonds is 12. The van der Waals surface area contributed by atoms with E-state index in [2.05, 4.69) is 4.84 Å². The molecule has 1 amide bonds. The van der Waals surface area contributed by atoms with E-state index in [4.69, 9.17) is 9.57 Å². The molecule has 27 heavy (non-hydrogen) atoms. The third-order valence-corrected chi connectivity index (χ3v) is 4.43. The summed E-state index contributed by atoms with van der Waals surface area (Å²) in [4.78, 5) is 43.7. The molecule has 0 atom stereocenters. The summed E-state index contributed by atoms with van der Waals surface area (Å²) in [6.07, 6.45) is 6.67. The van der Waals surface area contributed by atoms with Gasteiger partial charge in [0, 0.05) is 5.41 Å². The normalized spacial score (nSPS) is 16.4. The van der Waals surface area contributed by atoms with E-state index in [0.717, 1.165) is 32.1 Å². The first-order valence-electron chi connectivity index (χ1n) is 9.50. The van der Waals surface area contributed by atoms with E-state index in [1.165, 1.54) is 5.06 Å². The maximum atomic E-state index is 12.3. The number of hydrogen-bond acceptors (Lipinski definition) is 7. The van der Waals surface area contributed by atoms with E-state index >= 15 is 0 Å². The molecular formula is C18H32N2O7. The third kappa shape index (κ3) is 10.1. The number of carbonyl (C=O) groups is 2. The number of unbranched alkanes of at least 4 members (excludes halogenated alkanes) is 1. The molecule has 0 heterocycles. The van der Waals surface area contributed by atoms with E-state index in [9.17, 15) is 19.7 Å². The van der Waals surface area contributed by atoms with Crippen LogP contribution in [-0.2, 0) is 24.0 Å². The van der Waals surface area contributed by atoms with Crippen LogP contribution in [0, 0.1) is 15.5 Å². The predicted molar refractivity (Wildman–Crippen MR) is 96.9 cm³/mol. The van der Waals surface area contributed by atoms with E-state index < -0.39 is 10.7 Å². The third-order valence-electron chi connectivity index (χ3n) is 4.43. The second kappa shape index (κ2) is 11.1. The summed E-state index contributed by atoms with van der Waals surface area (Å²) in [5, 5.41) is 10.5. The lowest BCUT2D eigenvalue weighted by molar-refractivity contribution is -0.757. The molecule has 1 rings (SSSR count). The largest absolute Gasteiger partial charge is 0.466 e. The highest BCUT2D eigenvalue weighted by molar-refractivity contribution is 5.70. The molecule has 1 saturated carbocycles. The number of amides is 1. The Hall–Kier alpha value is -1.90. The molecule has 9 heteroatoms. The average Bonchev–Trinajstić information content (AvgIpc) is 2.56. The Morgan fingerprint density at radius 1 is 1.19 bits per heavy atom. The number of hydroxylamine groups is 2. The molecule has 0 spiro atoms. The first kappa shape index (κ1) is 23.1. The van der Waals surface area contributed by atoms with Gasteiger partial charge in [-0.3, -0.25) is 14.4 Å². The molecule has 0 saturated heterocycles. The van der Waals surface area contributed by atoms with Crippen LogP contribution in [0.5, 0.6) is 0 Å². The van der Waals surface area contributed by atoms with Crippen molar-refractivity contribution in [3.8, 4) is 0 Å². The van der Waals surface area contributed by atoms with Crippen LogP contribution in [0.4, 0.5) is 0 Å². The highest BCUT2D eigenvalue weighted by Crippen LogP contribution is 2.40. The Balaban J connectivity index is 2.51. The van der Waals surface area contributed by atoms with Crippen LogP contribution >= 0.6 is 0 Å². The van der Waals surface area contributed by atoms with Gasteiger partial charge in [-0.1, -0.05) is 19.3 Å². The van der Waals surface area contributed by atoms with Gasteiger partial charge in [0.2, 0.25) is 6.41 Å². The summed E-state index contributed by atoms with van der Waals surface area (Å²) in [7, 11) is 0. The standard InChI is InChI=1S/C18H32N2O7/c1-17(2,3)27-19(15-21)14-18(9-5-4-6-10-18)13-16(22)25-11-7-8-12-26-20(23)24/h15H,4-14H2,1-3H3. The monoisotopic (exact) mass is 388 g/mol. The Morgan fingerprint density at radius 2 is 1.81 bits per heavy atom. The van der Waals surface area contributed by atoms with Crippen LogP contribution < -0.4 is 0 Å². The zero-order chi connectivity index (χ0) is 20.3. The molecule has 0 unspecified atom stereocenters. The summed E-state index contributed by atoms with van der Waals surface area (Å²) in [6.45, 7) is 6.16. The van der Waals surface area contributed by atoms with Crippen molar-refractivity contribution in [1.29, 1.82) is 0 Å². The van der Waals surface area contributed by atoms with E-state index in [1.54, 1.807) is 0 Å². The predicted octanol–water partition coefficient (Wildman–Crippen LogP) is 3.05. The van der Waals surface area contributed by atoms with Crippen molar-refractivity contribution < 1.29 is 29.1 Å². The van der Waals surface area contributed by atoms with Gasteiger partial charge in [-0.05, 0) is 46.5 Å². The number of carbonyl (C=O) groups excluding carboxylic acids is 2. The first-order chi connectivity index (χ1) is 12.7. The number of hydrogen-bond donors (Lipinski definition) is 0. The topological polar surface area (TPSA) is 108 Å². The zero-order valence-corrected chi connectivity index (χ0v) is 16.6. The quantitative estimate of drug-likeness (QED) is 0.166. The van der Waals surface area contributed by atoms with E-state index in [-0.39, 0.29) is 31.0 Å². The molecule has 0 aromatic carbocycles. The van der Waals surface area contributed by atoms with Crippen molar-refractivity contribution in [3.63, 3.8) is 0 Å². The van der Waals surface area contributed by atoms with Crippen molar-refractivity contribution in [2.45, 2.75) is 77.7 Å². The van der Waals surface area contributed by atoms with Crippen molar-refractivity contribution in [2.24, 2.45) is 5.41 Å². The fourth-order valence-corrected chi connectivity index (χ4v) is 3.35. The van der Waals surface area contributed by atoms with Crippen LogP contribution in [0.15, 0.2) is 0 Å². The Bertz CT molecular complexity index is 485. The van der Waals surface area contributed by atoms with E-state index in [1.807, 2.05) is 20.8 Å². The van der Waals surface area contributed by atoms with Crippen LogP contribution in [0.2, 0.25) is 0 Å². The van der Waals surface area contributed by atoms with Gasteiger partial charge in [0.15, 0.2) is 0 Å². The molecule has 0 N–H and O–H groups in total. The highest BCUT2D eigenvalue weighted by atomic mass is 16.9. The Labute approximate surface area is 160 Å². The van der Waals surface area contributed by atoms with Gasteiger partial charge in [0.1, 0.15) is 0 Å². The van der Waals surface area contributed by atoms with Crippen LogP contribution in [-0.4, -0.2) is 47.9 Å². The molecule has 9 nitrogen and oxygen atoms in total. The number of nitrogens with zero attached hydrogens (tertiary/aromatic N) is 2. The van der Waals surface area contributed by atoms with Crippen LogP contribution in [0.1, 0.15) is 72.1 Å². The summed E-state index contributed by atoms with van der Waals surface area (Å²) >= 11 is 0. The fourth-order valence-electron chi connectivity index (χ4n) is 3.35. The smallest absolute Gasteiger partial charge is 0.306 e. The Kier molecular flexibility index (Phi) is 9.48. The molecule has 0 aliphatic heterocycles. The highest BCUT2D eigenvalue weighted by Gasteiger charge is 2.37. The molecule has 0 aromatic rings. The van der Waals surface area contributed by atoms with E-state index in [0.29, 0.717) is 25.8 Å². The summed E-state index contributed by atoms with van der Waals surface area (Å²) in [5.41, 5.74) is -0.834. The minimum Gasteiger partial charge on any atom is -0.466 e. The lowest BCUT2D eigenvalue weighted by atomic mass is 9.71. The van der Waals surface area contributed by atoms with Crippen molar-refractivity contribution >= 4 is 12.4 Å². The maximum Gasteiger partial charge on any atom is 0.306 e. The van der Waals surface area contributed by atoms with Gasteiger partial charge in [0.25, 0.3) is 5.09 Å². The van der Waals surface area contributed by atoms with Gasteiger partial charge in [-0.2, -0.15) is 0 Å². The van der Waals surface area contributed by atoms with Crippen molar-refractivity contribution in [3.05, 3.63) is 10.1 Å². The molecule has 1 aliphatic carbocycles. The SMILES string of the molecule is CC(C)(C)ON(C=O)CC1(CC(=O)OCCCCO[N+](=O)[O-])CCCCC1. The minimum atomic E-state index is -0.836. The fraction of sp³-hybridized carbons (Fsp3) is 0.889. The van der Waals surface area contributed by atoms with Crippen molar-refractivity contribution in [1.82, 2.24) is 5.06 Å². The van der Waals surface area contributed by atoms with Gasteiger partial charge in [-0.25, -0.2) is 5.06 Å². The number of ether oxygens (including phenoxy) is 1. The van der Waals surface area contributed by atoms with Gasteiger partial charge in [-0.15, -0.1) is 10.1 Å². The molecule has 1 fully saturated rings. The lowest BCUT2D eigenvalue weighted by Crippen LogP contribution is -2.43. The minimum absolute atomic E-state index is 0.00702. The van der Waals surface area contributed by atoms with Gasteiger partial charge in [0.05, 0.1) is 31.8 Å². The van der Waals surface area contributed by atoms with Crippen LogP contribution in [0.3, 0.4) is 0 Å². The summed E-state index contributed by atoms with van der Waals surface area (Å²) in [5.74, 6) is -0.311. The molecule has 1 aliphatic rings. The maximum absolute atomic E-state index is 12.3. The van der Waals surface area contributed by atoms with Gasteiger partial charge < -0.3 is 9.57 Å². The summed E-state index contributed by atoms with van der Waals surface area (Å²) in [6, 6.07) is 0. The molecular weight excluding hydrogens is 356 g/mol. The van der Waals surface area contributed by atoms with Crippen molar-refractivity contribution in [2.75, 3.05) is 19.8 Å². The lowest BCUT2D eigenvalue weighted by Gasteiger charge is -2.40.